The van der Waals surface area contributed by atoms with E-state index in [0.717, 1.165) is 9.87 Å². The summed E-state index contributed by atoms with van der Waals surface area (Å²) < 4.78 is 34.7. The molecule has 1 N–H and O–H groups in total. The molecule has 3 rings (SSSR count). The van der Waals surface area contributed by atoms with Gasteiger partial charge in [-0.2, -0.15) is 0 Å². The molecule has 3 aromatic rings. The summed E-state index contributed by atoms with van der Waals surface area (Å²) in [4.78, 5) is 29.0. The highest BCUT2D eigenvalue weighted by Gasteiger charge is 2.35. The van der Waals surface area contributed by atoms with Crippen LogP contribution < -0.4 is 14.4 Å². The van der Waals surface area contributed by atoms with Crippen molar-refractivity contribution in [2.45, 2.75) is 51.6 Å². The Morgan fingerprint density at radius 1 is 0.976 bits per heavy atom. The van der Waals surface area contributed by atoms with Gasteiger partial charge in [-0.05, 0) is 66.8 Å². The maximum atomic E-state index is 14.2. The first kappa shape index (κ1) is 33.2. The molecule has 0 radical (unpaired) electrons. The summed E-state index contributed by atoms with van der Waals surface area (Å²) >= 11 is 12.4. The number of carbonyl (C=O) groups is 2. The number of ether oxygens (including phenoxy) is 1. The molecule has 8 nitrogen and oxygen atoms in total. The number of amides is 2. The van der Waals surface area contributed by atoms with Crippen molar-refractivity contribution in [1.29, 1.82) is 0 Å². The summed E-state index contributed by atoms with van der Waals surface area (Å²) in [6.45, 7) is 7.43. The Kier molecular flexibility index (Phi) is 11.7. The highest BCUT2D eigenvalue weighted by molar-refractivity contribution is 7.92. The molecule has 11 heteroatoms. The van der Waals surface area contributed by atoms with Crippen molar-refractivity contribution < 1.29 is 22.7 Å². The van der Waals surface area contributed by atoms with Crippen molar-refractivity contribution in [1.82, 2.24) is 10.2 Å². The van der Waals surface area contributed by atoms with Crippen molar-refractivity contribution in [2.24, 2.45) is 5.92 Å². The van der Waals surface area contributed by atoms with Crippen molar-refractivity contribution in [3.8, 4) is 5.75 Å². The maximum absolute atomic E-state index is 14.2. The molecule has 226 valence electrons. The predicted molar refractivity (Wildman–Crippen MR) is 168 cm³/mol. The van der Waals surface area contributed by atoms with Crippen LogP contribution >= 0.6 is 23.2 Å². The van der Waals surface area contributed by atoms with Crippen LogP contribution in [-0.2, 0) is 26.2 Å². The molecule has 2 amide bonds. The van der Waals surface area contributed by atoms with Crippen LogP contribution in [0.1, 0.15) is 38.3 Å². The molecule has 1 atom stereocenters. The van der Waals surface area contributed by atoms with Gasteiger partial charge in [-0.15, -0.1) is 0 Å². The second-order valence-corrected chi connectivity index (χ2v) is 13.0. The van der Waals surface area contributed by atoms with E-state index >= 15 is 0 Å². The Morgan fingerprint density at radius 2 is 1.67 bits per heavy atom. The molecule has 42 heavy (non-hydrogen) atoms. The van der Waals surface area contributed by atoms with Gasteiger partial charge in [0.1, 0.15) is 18.3 Å². The number of methoxy groups -OCH3 is 1. The van der Waals surface area contributed by atoms with Crippen LogP contribution in [0.25, 0.3) is 0 Å². The maximum Gasteiger partial charge on any atom is 0.264 e. The van der Waals surface area contributed by atoms with Crippen LogP contribution in [0.4, 0.5) is 5.69 Å². The van der Waals surface area contributed by atoms with Crippen molar-refractivity contribution in [3.05, 3.63) is 87.9 Å². The number of nitrogens with one attached hydrogen (secondary N) is 1. The van der Waals surface area contributed by atoms with E-state index in [4.69, 9.17) is 27.9 Å². The first-order valence-corrected chi connectivity index (χ1v) is 15.8. The van der Waals surface area contributed by atoms with Crippen LogP contribution in [0.15, 0.2) is 71.6 Å². The third-order valence-electron chi connectivity index (χ3n) is 6.62. The summed E-state index contributed by atoms with van der Waals surface area (Å²) in [5.74, 6) is -0.419. The minimum atomic E-state index is -4.22. The van der Waals surface area contributed by atoms with Gasteiger partial charge in [0.2, 0.25) is 11.8 Å². The number of rotatable bonds is 13. The highest BCUT2D eigenvalue weighted by atomic mass is 35.5. The van der Waals surface area contributed by atoms with Crippen LogP contribution in [0.2, 0.25) is 10.0 Å². The Labute approximate surface area is 258 Å². The lowest BCUT2D eigenvalue weighted by Gasteiger charge is -2.33. The number of aryl methyl sites for hydroxylation is 1. The lowest BCUT2D eigenvalue weighted by molar-refractivity contribution is -0.140. The minimum absolute atomic E-state index is 0.00744. The first-order chi connectivity index (χ1) is 19.9. The Hall–Kier alpha value is -3.27. The standard InChI is InChI=1S/C31H37Cl2N3O5S/c1-6-27(31(38)34-18-21(2)3)35(19-23-13-14-25(32)26(33)17-23)30(37)20-36(28-16-22(4)12-15-29(28)41-5)42(39,40)24-10-8-7-9-11-24/h7-17,21,27H,6,18-20H2,1-5H3,(H,34,38)/t27-/m0/s1. The summed E-state index contributed by atoms with van der Waals surface area (Å²) in [6.07, 6.45) is 0.302. The molecule has 0 bridgehead atoms. The summed E-state index contributed by atoms with van der Waals surface area (Å²) in [6, 6.07) is 17.1. The summed E-state index contributed by atoms with van der Waals surface area (Å²) in [7, 11) is -2.79. The zero-order chi connectivity index (χ0) is 31.0. The molecule has 0 unspecified atom stereocenters. The van der Waals surface area contributed by atoms with E-state index < -0.39 is 28.5 Å². The quantitative estimate of drug-likeness (QED) is 0.246. The molecule has 0 aliphatic heterocycles. The van der Waals surface area contributed by atoms with Gasteiger partial charge < -0.3 is 15.0 Å². The minimum Gasteiger partial charge on any atom is -0.495 e. The number of hydrogen-bond donors (Lipinski definition) is 1. The summed E-state index contributed by atoms with van der Waals surface area (Å²) in [5.41, 5.74) is 1.62. The van der Waals surface area contributed by atoms with E-state index in [1.54, 1.807) is 61.5 Å². The number of hydrogen-bond acceptors (Lipinski definition) is 5. The van der Waals surface area contributed by atoms with E-state index in [1.807, 2.05) is 20.8 Å². The molecule has 0 aromatic heterocycles. The smallest absolute Gasteiger partial charge is 0.264 e. The van der Waals surface area contributed by atoms with Crippen LogP contribution in [0.3, 0.4) is 0 Å². The Morgan fingerprint density at radius 3 is 2.26 bits per heavy atom. The second-order valence-electron chi connectivity index (χ2n) is 10.3. The molecular formula is C31H37Cl2N3O5S. The molecule has 0 saturated heterocycles. The number of anilines is 1. The van der Waals surface area contributed by atoms with Gasteiger partial charge in [-0.25, -0.2) is 8.42 Å². The third-order valence-corrected chi connectivity index (χ3v) is 9.13. The van der Waals surface area contributed by atoms with E-state index in [9.17, 15) is 18.0 Å². The van der Waals surface area contributed by atoms with Crippen molar-refractivity contribution in [2.75, 3.05) is 24.5 Å². The second kappa shape index (κ2) is 14.8. The number of sulfonamides is 1. The molecule has 0 spiro atoms. The molecule has 0 heterocycles. The Bertz CT molecular complexity index is 1500. The third kappa shape index (κ3) is 8.18. The monoisotopic (exact) mass is 633 g/mol. The fourth-order valence-corrected chi connectivity index (χ4v) is 6.16. The van der Waals surface area contributed by atoms with E-state index in [-0.39, 0.29) is 34.7 Å². The molecular weight excluding hydrogens is 597 g/mol. The molecule has 0 saturated carbocycles. The Balaban J connectivity index is 2.12. The van der Waals surface area contributed by atoms with Crippen LogP contribution in [0.5, 0.6) is 5.75 Å². The number of carbonyl (C=O) groups excluding carboxylic acids is 2. The average molecular weight is 635 g/mol. The lowest BCUT2D eigenvalue weighted by atomic mass is 10.1. The average Bonchev–Trinajstić information content (AvgIpc) is 2.96. The van der Waals surface area contributed by atoms with Gasteiger partial charge in [0.05, 0.1) is 27.7 Å². The van der Waals surface area contributed by atoms with Gasteiger partial charge in [-0.3, -0.25) is 13.9 Å². The number of benzene rings is 3. The van der Waals surface area contributed by atoms with E-state index in [0.29, 0.717) is 28.6 Å². The molecule has 0 aliphatic carbocycles. The SMILES string of the molecule is CC[C@@H](C(=O)NCC(C)C)N(Cc1ccc(Cl)c(Cl)c1)C(=O)CN(c1cc(C)ccc1OC)S(=O)(=O)c1ccccc1. The zero-order valence-corrected chi connectivity index (χ0v) is 26.8. The fraction of sp³-hybridized carbons (Fsp3) is 0.355. The zero-order valence-electron chi connectivity index (χ0n) is 24.4. The number of nitrogens with zero attached hydrogens (tertiary/aromatic N) is 2. The predicted octanol–water partition coefficient (Wildman–Crippen LogP) is 6.09. The van der Waals surface area contributed by atoms with E-state index in [1.165, 1.54) is 24.1 Å². The largest absolute Gasteiger partial charge is 0.495 e. The van der Waals surface area contributed by atoms with Crippen LogP contribution in [-0.4, -0.2) is 51.4 Å². The van der Waals surface area contributed by atoms with Crippen molar-refractivity contribution >= 4 is 50.7 Å². The van der Waals surface area contributed by atoms with Crippen molar-refractivity contribution in [3.63, 3.8) is 0 Å². The lowest BCUT2D eigenvalue weighted by Crippen LogP contribution is -2.52. The molecule has 0 aliphatic rings. The highest BCUT2D eigenvalue weighted by Crippen LogP contribution is 2.34. The van der Waals surface area contributed by atoms with Gasteiger partial charge in [-0.1, -0.05) is 74.3 Å². The van der Waals surface area contributed by atoms with Gasteiger partial charge in [0, 0.05) is 13.1 Å². The fourth-order valence-electron chi connectivity index (χ4n) is 4.40. The van der Waals surface area contributed by atoms with Gasteiger partial charge in [0.15, 0.2) is 0 Å². The van der Waals surface area contributed by atoms with Gasteiger partial charge >= 0.3 is 0 Å². The van der Waals surface area contributed by atoms with Crippen LogP contribution in [0, 0.1) is 12.8 Å². The molecule has 3 aromatic carbocycles. The normalized spacial score (nSPS) is 12.1. The van der Waals surface area contributed by atoms with E-state index in [2.05, 4.69) is 5.32 Å². The topological polar surface area (TPSA) is 96.0 Å². The summed E-state index contributed by atoms with van der Waals surface area (Å²) in [5, 5.41) is 3.57. The van der Waals surface area contributed by atoms with Gasteiger partial charge in [0.25, 0.3) is 10.0 Å². The first-order valence-electron chi connectivity index (χ1n) is 13.6. The number of halogens is 2. The molecule has 0 fully saturated rings.